The van der Waals surface area contributed by atoms with Gasteiger partial charge in [0.15, 0.2) is 0 Å². The van der Waals surface area contributed by atoms with E-state index in [4.69, 9.17) is 4.74 Å². The Morgan fingerprint density at radius 1 is 1.06 bits per heavy atom. The zero-order valence-corrected chi connectivity index (χ0v) is 10.8. The van der Waals surface area contributed by atoms with Gasteiger partial charge in [0.2, 0.25) is 0 Å². The quantitative estimate of drug-likeness (QED) is 0.770. The van der Waals surface area contributed by atoms with E-state index in [2.05, 4.69) is 36.2 Å². The van der Waals surface area contributed by atoms with Gasteiger partial charge in [-0.05, 0) is 48.6 Å². The van der Waals surface area contributed by atoms with E-state index >= 15 is 0 Å². The minimum atomic E-state index is 0.784. The molecule has 0 aliphatic carbocycles. The molecule has 2 rings (SSSR count). The van der Waals surface area contributed by atoms with Gasteiger partial charge in [-0.25, -0.2) is 0 Å². The maximum absolute atomic E-state index is 5.64. The van der Waals surface area contributed by atoms with Gasteiger partial charge in [-0.3, -0.25) is 4.98 Å². The fourth-order valence-corrected chi connectivity index (χ4v) is 1.85. The molecule has 0 N–H and O–H groups in total. The lowest BCUT2D eigenvalue weighted by molar-refractivity contribution is 0.317. The van der Waals surface area contributed by atoms with Crippen molar-refractivity contribution in [3.05, 3.63) is 59.9 Å². The van der Waals surface area contributed by atoms with Crippen LogP contribution in [0.1, 0.15) is 24.5 Å². The van der Waals surface area contributed by atoms with Gasteiger partial charge in [-0.1, -0.05) is 25.1 Å². The van der Waals surface area contributed by atoms with Crippen LogP contribution >= 0.6 is 0 Å². The smallest absolute Gasteiger partial charge is 0.119 e. The molecule has 94 valence electrons. The second-order valence-electron chi connectivity index (χ2n) is 4.36. The molecule has 0 aliphatic rings. The van der Waals surface area contributed by atoms with Crippen molar-refractivity contribution < 1.29 is 4.74 Å². The van der Waals surface area contributed by atoms with Crippen molar-refractivity contribution in [3.8, 4) is 5.75 Å². The van der Waals surface area contributed by atoms with Gasteiger partial charge in [-0.15, -0.1) is 0 Å². The van der Waals surface area contributed by atoms with Crippen LogP contribution in [0, 0.1) is 0 Å². The first-order valence-electron chi connectivity index (χ1n) is 6.49. The summed E-state index contributed by atoms with van der Waals surface area (Å²) in [5.74, 6) is 0.973. The summed E-state index contributed by atoms with van der Waals surface area (Å²) in [6.07, 6.45) is 6.82. The van der Waals surface area contributed by atoms with Crippen molar-refractivity contribution in [1.29, 1.82) is 0 Å². The number of aryl methyl sites for hydroxylation is 2. The largest absolute Gasteiger partial charge is 0.494 e. The summed E-state index contributed by atoms with van der Waals surface area (Å²) in [7, 11) is 0. The number of rotatable bonds is 6. The summed E-state index contributed by atoms with van der Waals surface area (Å²) in [6, 6.07) is 12.5. The highest BCUT2D eigenvalue weighted by Crippen LogP contribution is 2.15. The Balaban J connectivity index is 1.93. The van der Waals surface area contributed by atoms with Crippen LogP contribution in [0.15, 0.2) is 48.8 Å². The van der Waals surface area contributed by atoms with Crippen molar-refractivity contribution in [2.75, 3.05) is 6.61 Å². The summed E-state index contributed by atoms with van der Waals surface area (Å²) < 4.78 is 5.64. The Bertz CT molecular complexity index is 468. The number of hydrogen-bond acceptors (Lipinski definition) is 2. The molecule has 2 nitrogen and oxygen atoms in total. The third-order valence-electron chi connectivity index (χ3n) is 2.80. The SMILES string of the molecule is CCCOc1cccc(CCc2cccnc2)c1. The van der Waals surface area contributed by atoms with Crippen LogP contribution in [-0.4, -0.2) is 11.6 Å². The monoisotopic (exact) mass is 241 g/mol. The first-order chi connectivity index (χ1) is 8.88. The zero-order chi connectivity index (χ0) is 12.6. The standard InChI is InChI=1S/C16H19NO/c1-2-11-18-16-7-3-5-14(12-16)8-9-15-6-4-10-17-13-15/h3-7,10,12-13H,2,8-9,11H2,1H3. The predicted molar refractivity (Wildman–Crippen MR) is 73.9 cm³/mol. The molecule has 1 aromatic heterocycles. The van der Waals surface area contributed by atoms with Crippen molar-refractivity contribution in [2.45, 2.75) is 26.2 Å². The van der Waals surface area contributed by atoms with Crippen LogP contribution < -0.4 is 4.74 Å². The molecular formula is C16H19NO. The maximum Gasteiger partial charge on any atom is 0.119 e. The Morgan fingerprint density at radius 2 is 1.89 bits per heavy atom. The number of pyridine rings is 1. The van der Waals surface area contributed by atoms with Crippen molar-refractivity contribution in [3.63, 3.8) is 0 Å². The maximum atomic E-state index is 5.64. The lowest BCUT2D eigenvalue weighted by atomic mass is 10.1. The molecule has 0 bridgehead atoms. The van der Waals surface area contributed by atoms with Gasteiger partial charge in [0.1, 0.15) is 5.75 Å². The van der Waals surface area contributed by atoms with Gasteiger partial charge >= 0.3 is 0 Å². The molecule has 0 amide bonds. The van der Waals surface area contributed by atoms with E-state index in [1.807, 2.05) is 24.5 Å². The first kappa shape index (κ1) is 12.6. The van der Waals surface area contributed by atoms with E-state index in [-0.39, 0.29) is 0 Å². The third-order valence-corrected chi connectivity index (χ3v) is 2.80. The molecular weight excluding hydrogens is 222 g/mol. The lowest BCUT2D eigenvalue weighted by Crippen LogP contribution is -1.96. The lowest BCUT2D eigenvalue weighted by Gasteiger charge is -2.07. The highest BCUT2D eigenvalue weighted by Gasteiger charge is 1.98. The highest BCUT2D eigenvalue weighted by atomic mass is 16.5. The van der Waals surface area contributed by atoms with E-state index in [9.17, 15) is 0 Å². The molecule has 0 spiro atoms. The average Bonchev–Trinajstić information content (AvgIpc) is 2.44. The van der Waals surface area contributed by atoms with Crippen molar-refractivity contribution in [2.24, 2.45) is 0 Å². The highest BCUT2D eigenvalue weighted by molar-refractivity contribution is 5.29. The van der Waals surface area contributed by atoms with Crippen molar-refractivity contribution in [1.82, 2.24) is 4.98 Å². The van der Waals surface area contributed by atoms with Crippen LogP contribution in [0.25, 0.3) is 0 Å². The van der Waals surface area contributed by atoms with E-state index in [0.717, 1.165) is 31.6 Å². The first-order valence-corrected chi connectivity index (χ1v) is 6.49. The third kappa shape index (κ3) is 3.88. The second kappa shape index (κ2) is 6.80. The Kier molecular flexibility index (Phi) is 4.77. The van der Waals surface area contributed by atoms with Gasteiger partial charge < -0.3 is 4.74 Å². The summed E-state index contributed by atoms with van der Waals surface area (Å²) in [4.78, 5) is 4.13. The molecule has 0 saturated heterocycles. The van der Waals surface area contributed by atoms with E-state index in [0.29, 0.717) is 0 Å². The number of ether oxygens (including phenoxy) is 1. The fraction of sp³-hybridized carbons (Fsp3) is 0.312. The number of benzene rings is 1. The summed E-state index contributed by atoms with van der Waals surface area (Å²) >= 11 is 0. The second-order valence-corrected chi connectivity index (χ2v) is 4.36. The van der Waals surface area contributed by atoms with E-state index < -0.39 is 0 Å². The number of aromatic nitrogens is 1. The molecule has 2 aromatic rings. The Hall–Kier alpha value is -1.83. The average molecular weight is 241 g/mol. The fourth-order valence-electron chi connectivity index (χ4n) is 1.85. The summed E-state index contributed by atoms with van der Waals surface area (Å²) in [5, 5.41) is 0. The molecule has 0 saturated carbocycles. The molecule has 18 heavy (non-hydrogen) atoms. The Labute approximate surface area is 109 Å². The minimum absolute atomic E-state index is 0.784. The summed E-state index contributed by atoms with van der Waals surface area (Å²) in [5.41, 5.74) is 2.59. The van der Waals surface area contributed by atoms with Crippen LogP contribution in [0.4, 0.5) is 0 Å². The van der Waals surface area contributed by atoms with Gasteiger partial charge in [0, 0.05) is 12.4 Å². The molecule has 2 heteroatoms. The normalized spacial score (nSPS) is 10.3. The van der Waals surface area contributed by atoms with E-state index in [1.165, 1.54) is 11.1 Å². The minimum Gasteiger partial charge on any atom is -0.494 e. The molecule has 0 fully saturated rings. The van der Waals surface area contributed by atoms with Gasteiger partial charge in [0.05, 0.1) is 6.61 Å². The topological polar surface area (TPSA) is 22.1 Å². The van der Waals surface area contributed by atoms with Gasteiger partial charge in [0.25, 0.3) is 0 Å². The van der Waals surface area contributed by atoms with Crippen LogP contribution in [0.2, 0.25) is 0 Å². The summed E-state index contributed by atoms with van der Waals surface area (Å²) in [6.45, 7) is 2.90. The predicted octanol–water partition coefficient (Wildman–Crippen LogP) is 3.66. The Morgan fingerprint density at radius 3 is 2.67 bits per heavy atom. The zero-order valence-electron chi connectivity index (χ0n) is 10.8. The molecule has 0 aliphatic heterocycles. The molecule has 1 aromatic carbocycles. The van der Waals surface area contributed by atoms with Crippen LogP contribution in [0.3, 0.4) is 0 Å². The van der Waals surface area contributed by atoms with E-state index in [1.54, 1.807) is 0 Å². The molecule has 0 radical (unpaired) electrons. The molecule has 0 unspecified atom stereocenters. The molecule has 1 heterocycles. The van der Waals surface area contributed by atoms with Crippen LogP contribution in [-0.2, 0) is 12.8 Å². The van der Waals surface area contributed by atoms with Gasteiger partial charge in [-0.2, -0.15) is 0 Å². The van der Waals surface area contributed by atoms with Crippen LogP contribution in [0.5, 0.6) is 5.75 Å². The number of hydrogen-bond donors (Lipinski definition) is 0. The molecule has 0 atom stereocenters. The number of nitrogens with zero attached hydrogens (tertiary/aromatic N) is 1. The van der Waals surface area contributed by atoms with Crippen molar-refractivity contribution >= 4 is 0 Å².